The first kappa shape index (κ1) is 19.3. The third-order valence-corrected chi connectivity index (χ3v) is 5.23. The molecule has 146 valence electrons. The molecule has 3 aromatic carbocycles. The Morgan fingerprint density at radius 2 is 1.55 bits per heavy atom. The van der Waals surface area contributed by atoms with Gasteiger partial charge in [-0.3, -0.25) is 0 Å². The van der Waals surface area contributed by atoms with Gasteiger partial charge in [-0.05, 0) is 17.2 Å². The average Bonchev–Trinajstić information content (AvgIpc) is 3.15. The minimum Gasteiger partial charge on any atom is -0.469 e. The zero-order chi connectivity index (χ0) is 20.1. The predicted molar refractivity (Wildman–Crippen MR) is 118 cm³/mol. The highest BCUT2D eigenvalue weighted by molar-refractivity contribution is 9.09. The van der Waals surface area contributed by atoms with E-state index < -0.39 is 6.09 Å². The van der Waals surface area contributed by atoms with Crippen molar-refractivity contribution >= 4 is 32.9 Å². The molecule has 1 unspecified atom stereocenters. The molecular formula is C24H20BrNO3. The van der Waals surface area contributed by atoms with Crippen LogP contribution in [-0.4, -0.2) is 16.0 Å². The molecule has 5 heteroatoms. The van der Waals surface area contributed by atoms with Gasteiger partial charge in [0.1, 0.15) is 12.7 Å². The second kappa shape index (κ2) is 8.97. The number of halogens is 1. The molecule has 0 aliphatic carbocycles. The average molecular weight is 450 g/mol. The molecule has 0 amide bonds. The van der Waals surface area contributed by atoms with Crippen molar-refractivity contribution in [2.75, 3.05) is 5.33 Å². The van der Waals surface area contributed by atoms with E-state index in [9.17, 15) is 4.79 Å². The van der Waals surface area contributed by atoms with Crippen LogP contribution in [0.1, 0.15) is 17.2 Å². The fourth-order valence-electron chi connectivity index (χ4n) is 3.19. The van der Waals surface area contributed by atoms with Crippen molar-refractivity contribution in [3.05, 3.63) is 102 Å². The molecule has 0 fully saturated rings. The van der Waals surface area contributed by atoms with Crippen LogP contribution in [0.4, 0.5) is 4.79 Å². The second-order valence-corrected chi connectivity index (χ2v) is 7.24. The molecule has 4 aromatic rings. The number of ether oxygens (including phenoxy) is 2. The zero-order valence-corrected chi connectivity index (χ0v) is 17.3. The van der Waals surface area contributed by atoms with Gasteiger partial charge in [0.15, 0.2) is 0 Å². The second-order valence-electron chi connectivity index (χ2n) is 6.59. The van der Waals surface area contributed by atoms with Crippen LogP contribution >= 0.6 is 15.9 Å². The van der Waals surface area contributed by atoms with Crippen LogP contribution in [0.2, 0.25) is 0 Å². The summed E-state index contributed by atoms with van der Waals surface area (Å²) in [6.07, 6.45) is -0.701. The van der Waals surface area contributed by atoms with Gasteiger partial charge in [-0.2, -0.15) is 0 Å². The van der Waals surface area contributed by atoms with Crippen molar-refractivity contribution in [3.8, 4) is 5.88 Å². The van der Waals surface area contributed by atoms with Gasteiger partial charge in [-0.25, -0.2) is 9.36 Å². The molecule has 0 saturated heterocycles. The lowest BCUT2D eigenvalue weighted by Gasteiger charge is -2.18. The molecule has 0 saturated carbocycles. The van der Waals surface area contributed by atoms with Gasteiger partial charge in [0.2, 0.25) is 5.88 Å². The molecule has 0 spiro atoms. The van der Waals surface area contributed by atoms with Gasteiger partial charge < -0.3 is 9.47 Å². The minimum atomic E-state index is -0.466. The summed E-state index contributed by atoms with van der Waals surface area (Å²) in [7, 11) is 0. The summed E-state index contributed by atoms with van der Waals surface area (Å²) in [6, 6.07) is 29.1. The Balaban J connectivity index is 1.64. The number of carbonyl (C=O) groups is 1. The maximum absolute atomic E-state index is 13.0. The van der Waals surface area contributed by atoms with Gasteiger partial charge in [0, 0.05) is 16.8 Å². The molecule has 0 bridgehead atoms. The number of para-hydroxylation sites is 1. The number of nitrogens with zero attached hydrogens (tertiary/aromatic N) is 1. The Bertz CT molecular complexity index is 1090. The number of benzene rings is 3. The van der Waals surface area contributed by atoms with Gasteiger partial charge in [0.05, 0.1) is 5.52 Å². The first-order valence-corrected chi connectivity index (χ1v) is 10.5. The summed E-state index contributed by atoms with van der Waals surface area (Å²) < 4.78 is 13.3. The van der Waals surface area contributed by atoms with E-state index in [1.54, 1.807) is 0 Å². The van der Waals surface area contributed by atoms with E-state index in [4.69, 9.17) is 9.47 Å². The Hall–Kier alpha value is -3.05. The highest BCUT2D eigenvalue weighted by Crippen LogP contribution is 2.30. The fourth-order valence-corrected chi connectivity index (χ4v) is 3.70. The van der Waals surface area contributed by atoms with E-state index in [1.165, 1.54) is 4.57 Å². The van der Waals surface area contributed by atoms with Crippen LogP contribution in [0.3, 0.4) is 0 Å². The molecule has 1 heterocycles. The smallest absolute Gasteiger partial charge is 0.421 e. The summed E-state index contributed by atoms with van der Waals surface area (Å²) in [4.78, 5) is 13.0. The maximum Gasteiger partial charge on any atom is 0.421 e. The zero-order valence-electron chi connectivity index (χ0n) is 15.7. The number of carbonyl (C=O) groups excluding carboxylic acids is 1. The lowest BCUT2D eigenvalue weighted by Crippen LogP contribution is -2.17. The Labute approximate surface area is 177 Å². The largest absolute Gasteiger partial charge is 0.469 e. The Morgan fingerprint density at radius 3 is 2.28 bits per heavy atom. The van der Waals surface area contributed by atoms with E-state index in [1.807, 2.05) is 91.0 Å². The number of rotatable bonds is 6. The number of hydrogen-bond donors (Lipinski definition) is 0. The molecule has 0 N–H and O–H groups in total. The summed E-state index contributed by atoms with van der Waals surface area (Å²) in [5.41, 5.74) is 2.71. The van der Waals surface area contributed by atoms with Crippen molar-refractivity contribution < 1.29 is 14.3 Å². The summed E-state index contributed by atoms with van der Waals surface area (Å²) >= 11 is 3.53. The number of fused-ring (bicyclic) bond motifs is 1. The van der Waals surface area contributed by atoms with Crippen LogP contribution in [0, 0.1) is 0 Å². The van der Waals surface area contributed by atoms with Crippen LogP contribution in [0.25, 0.3) is 10.9 Å². The topological polar surface area (TPSA) is 40.5 Å². The van der Waals surface area contributed by atoms with E-state index in [0.717, 1.165) is 22.0 Å². The molecule has 0 radical (unpaired) electrons. The predicted octanol–water partition coefficient (Wildman–Crippen LogP) is 6.34. The van der Waals surface area contributed by atoms with Crippen LogP contribution in [0.15, 0.2) is 91.0 Å². The third kappa shape index (κ3) is 4.35. The number of hydrogen-bond acceptors (Lipinski definition) is 3. The molecule has 4 rings (SSSR count). The van der Waals surface area contributed by atoms with Crippen LogP contribution in [0.5, 0.6) is 5.88 Å². The van der Waals surface area contributed by atoms with Gasteiger partial charge in [-0.1, -0.05) is 94.8 Å². The van der Waals surface area contributed by atoms with Crippen molar-refractivity contribution in [2.24, 2.45) is 0 Å². The first-order chi connectivity index (χ1) is 14.3. The van der Waals surface area contributed by atoms with Crippen molar-refractivity contribution in [1.29, 1.82) is 0 Å². The van der Waals surface area contributed by atoms with Gasteiger partial charge in [0.25, 0.3) is 0 Å². The van der Waals surface area contributed by atoms with E-state index >= 15 is 0 Å². The fraction of sp³-hybridized carbons (Fsp3) is 0.125. The highest BCUT2D eigenvalue weighted by Gasteiger charge is 2.21. The quantitative estimate of drug-likeness (QED) is 0.322. The standard InChI is InChI=1S/C24H20BrNO3/c25-16-22(19-11-5-2-6-12-19)29-23-15-20-13-7-8-14-21(20)26(23)24(27)28-17-18-9-3-1-4-10-18/h1-15,22H,16-17H2. The Kier molecular flexibility index (Phi) is 5.96. The van der Waals surface area contributed by atoms with Crippen LogP contribution < -0.4 is 4.74 Å². The Morgan fingerprint density at radius 1 is 0.897 bits per heavy atom. The van der Waals surface area contributed by atoms with E-state index in [0.29, 0.717) is 11.2 Å². The van der Waals surface area contributed by atoms with Crippen molar-refractivity contribution in [3.63, 3.8) is 0 Å². The van der Waals surface area contributed by atoms with Gasteiger partial charge >= 0.3 is 6.09 Å². The van der Waals surface area contributed by atoms with Crippen LogP contribution in [-0.2, 0) is 11.3 Å². The van der Waals surface area contributed by atoms with E-state index in [2.05, 4.69) is 15.9 Å². The molecular weight excluding hydrogens is 430 g/mol. The van der Waals surface area contributed by atoms with E-state index in [-0.39, 0.29) is 12.7 Å². The van der Waals surface area contributed by atoms with Crippen molar-refractivity contribution in [2.45, 2.75) is 12.7 Å². The molecule has 29 heavy (non-hydrogen) atoms. The molecule has 0 aliphatic rings. The first-order valence-electron chi connectivity index (χ1n) is 9.35. The summed E-state index contributed by atoms with van der Waals surface area (Å²) in [6.45, 7) is 0.201. The monoisotopic (exact) mass is 449 g/mol. The third-order valence-electron chi connectivity index (χ3n) is 4.64. The minimum absolute atomic E-state index is 0.201. The summed E-state index contributed by atoms with van der Waals surface area (Å²) in [5.74, 6) is 0.456. The molecule has 4 nitrogen and oxygen atoms in total. The SMILES string of the molecule is O=C(OCc1ccccc1)n1c(OC(CBr)c2ccccc2)cc2ccccc21. The normalized spacial score (nSPS) is 11.9. The number of aromatic nitrogens is 1. The molecule has 1 aromatic heterocycles. The molecule has 1 atom stereocenters. The van der Waals surface area contributed by atoms with Crippen molar-refractivity contribution in [1.82, 2.24) is 4.57 Å². The maximum atomic E-state index is 13.0. The highest BCUT2D eigenvalue weighted by atomic mass is 79.9. The lowest BCUT2D eigenvalue weighted by molar-refractivity contribution is 0.135. The molecule has 0 aliphatic heterocycles. The lowest BCUT2D eigenvalue weighted by atomic mass is 10.1. The van der Waals surface area contributed by atoms with Gasteiger partial charge in [-0.15, -0.1) is 0 Å². The summed E-state index contributed by atoms with van der Waals surface area (Å²) in [5, 5.41) is 1.51. The number of alkyl halides is 1.